The average Bonchev–Trinajstić information content (AvgIpc) is 2.06. The van der Waals surface area contributed by atoms with Crippen LogP contribution in [-0.4, -0.2) is 4.98 Å². The van der Waals surface area contributed by atoms with E-state index in [0.717, 1.165) is 9.86 Å². The molecule has 0 aliphatic heterocycles. The molecule has 2 rings (SSSR count). The van der Waals surface area contributed by atoms with Crippen molar-refractivity contribution in [2.45, 2.75) is 0 Å². The second-order valence-corrected chi connectivity index (χ2v) is 3.19. The summed E-state index contributed by atoms with van der Waals surface area (Å²) in [5.41, 5.74) is 0. The summed E-state index contributed by atoms with van der Waals surface area (Å²) in [7, 11) is 0. The number of fused-ring (bicyclic) bond motifs is 1. The Kier molecular flexibility index (Phi) is 2.78. The quantitative estimate of drug-likeness (QED) is 0.748. The van der Waals surface area contributed by atoms with E-state index in [1.54, 1.807) is 6.20 Å². The maximum absolute atomic E-state index is 4.04. The summed E-state index contributed by atoms with van der Waals surface area (Å²) in [6, 6.07) is 8.11. The average molecular weight is 225 g/mol. The van der Waals surface area contributed by atoms with E-state index < -0.39 is 0 Å². The lowest BCUT2D eigenvalue weighted by molar-refractivity contribution is 1.36. The minimum atomic E-state index is 0. The first-order valence-electron chi connectivity index (χ1n) is 3.36. The molecule has 0 unspecified atom stereocenters. The third-order valence-electron chi connectivity index (χ3n) is 1.63. The van der Waals surface area contributed by atoms with Crippen LogP contribution in [0.2, 0.25) is 0 Å². The molecule has 1 heterocycles. The van der Waals surface area contributed by atoms with Gasteiger partial charge in [0, 0.05) is 22.3 Å². The summed E-state index contributed by atoms with van der Waals surface area (Å²) in [6.07, 6.45) is 3.66. The normalized spacial score (nSPS) is 9.42. The number of hydrogen-bond acceptors (Lipinski definition) is 2. The van der Waals surface area contributed by atoms with Crippen LogP contribution in [-0.2, 0) is 0 Å². The summed E-state index contributed by atoms with van der Waals surface area (Å²) in [6.45, 7) is 0. The molecule has 0 fully saturated rings. The monoisotopic (exact) mass is 224 g/mol. The Bertz CT molecular complexity index is 382. The Labute approximate surface area is 79.3 Å². The Morgan fingerprint density at radius 2 is 2.00 bits per heavy atom. The van der Waals surface area contributed by atoms with E-state index in [9.17, 15) is 0 Å². The molecule has 0 spiro atoms. The van der Waals surface area contributed by atoms with Crippen molar-refractivity contribution >= 4 is 26.7 Å². The minimum absolute atomic E-state index is 0. The number of pyridine rings is 1. The molecule has 0 radical (unpaired) electrons. The maximum Gasteiger partial charge on any atom is 0.0357 e. The second kappa shape index (κ2) is 3.65. The van der Waals surface area contributed by atoms with Crippen LogP contribution in [0.5, 0.6) is 0 Å². The van der Waals surface area contributed by atoms with Crippen molar-refractivity contribution in [3.8, 4) is 0 Å². The van der Waals surface area contributed by atoms with Gasteiger partial charge in [-0.2, -0.15) is 0 Å². The molecule has 2 nitrogen and oxygen atoms in total. The number of halogens is 1. The molecule has 1 aromatic heterocycles. The van der Waals surface area contributed by atoms with Crippen LogP contribution < -0.4 is 6.15 Å². The predicted octanol–water partition coefficient (Wildman–Crippen LogP) is 3.16. The van der Waals surface area contributed by atoms with E-state index in [0.29, 0.717) is 0 Å². The first-order valence-corrected chi connectivity index (χ1v) is 4.15. The van der Waals surface area contributed by atoms with Gasteiger partial charge in [0.05, 0.1) is 0 Å². The van der Waals surface area contributed by atoms with E-state index in [1.807, 2.05) is 24.4 Å². The molecule has 3 N–H and O–H groups in total. The molecule has 0 saturated heterocycles. The first kappa shape index (κ1) is 9.16. The smallest absolute Gasteiger partial charge is 0.0357 e. The fraction of sp³-hybridized carbons (Fsp3) is 0. The van der Waals surface area contributed by atoms with Gasteiger partial charge in [0.1, 0.15) is 0 Å². The van der Waals surface area contributed by atoms with Gasteiger partial charge in [-0.05, 0) is 17.5 Å². The van der Waals surface area contributed by atoms with Gasteiger partial charge in [0.25, 0.3) is 0 Å². The lowest BCUT2D eigenvalue weighted by atomic mass is 10.2. The Balaban J connectivity index is 0.000000720. The molecule has 0 saturated carbocycles. The molecule has 1 aromatic carbocycles. The Hall–Kier alpha value is -0.930. The van der Waals surface area contributed by atoms with Gasteiger partial charge in [0.15, 0.2) is 0 Å². The van der Waals surface area contributed by atoms with Crippen LogP contribution in [0, 0.1) is 0 Å². The van der Waals surface area contributed by atoms with Crippen molar-refractivity contribution < 1.29 is 0 Å². The van der Waals surface area contributed by atoms with Crippen molar-refractivity contribution in [2.24, 2.45) is 0 Å². The highest BCUT2D eigenvalue weighted by Gasteiger charge is 1.94. The summed E-state index contributed by atoms with van der Waals surface area (Å²) in [4.78, 5) is 4.04. The molecule has 3 heteroatoms. The van der Waals surface area contributed by atoms with Crippen molar-refractivity contribution in [1.82, 2.24) is 11.1 Å². The first-order chi connectivity index (χ1) is 5.38. The van der Waals surface area contributed by atoms with E-state index in [4.69, 9.17) is 0 Å². The van der Waals surface area contributed by atoms with Gasteiger partial charge in [-0.3, -0.25) is 4.98 Å². The van der Waals surface area contributed by atoms with Crippen molar-refractivity contribution in [1.29, 1.82) is 0 Å². The standard InChI is InChI=1S/C9H6BrN.H3N/c10-9-3-1-2-7-4-5-11-6-8(7)9;/h1-6H;1H3. The number of aromatic nitrogens is 1. The fourth-order valence-electron chi connectivity index (χ4n) is 1.08. The van der Waals surface area contributed by atoms with Gasteiger partial charge < -0.3 is 6.15 Å². The topological polar surface area (TPSA) is 47.9 Å². The van der Waals surface area contributed by atoms with Crippen molar-refractivity contribution in [2.75, 3.05) is 0 Å². The van der Waals surface area contributed by atoms with Crippen LogP contribution in [0.1, 0.15) is 0 Å². The summed E-state index contributed by atoms with van der Waals surface area (Å²) < 4.78 is 1.10. The van der Waals surface area contributed by atoms with Gasteiger partial charge in [-0.25, -0.2) is 0 Å². The summed E-state index contributed by atoms with van der Waals surface area (Å²) >= 11 is 3.46. The zero-order valence-electron chi connectivity index (χ0n) is 6.50. The van der Waals surface area contributed by atoms with Gasteiger partial charge in [0.2, 0.25) is 0 Å². The fourth-order valence-corrected chi connectivity index (χ4v) is 1.56. The van der Waals surface area contributed by atoms with Crippen LogP contribution in [0.15, 0.2) is 41.1 Å². The molecule has 0 atom stereocenters. The molecule has 62 valence electrons. The lowest BCUT2D eigenvalue weighted by Crippen LogP contribution is -1.74. The lowest BCUT2D eigenvalue weighted by Gasteiger charge is -1.96. The van der Waals surface area contributed by atoms with Crippen molar-refractivity contribution in [3.05, 3.63) is 41.1 Å². The van der Waals surface area contributed by atoms with Crippen LogP contribution in [0.4, 0.5) is 0 Å². The number of rotatable bonds is 0. The molecule has 0 amide bonds. The Morgan fingerprint density at radius 1 is 1.17 bits per heavy atom. The molecular formula is C9H9BrN2. The van der Waals surface area contributed by atoms with Gasteiger partial charge >= 0.3 is 0 Å². The number of benzene rings is 1. The molecular weight excluding hydrogens is 216 g/mol. The maximum atomic E-state index is 4.04. The molecule has 0 aliphatic rings. The SMILES string of the molecule is Brc1cccc2ccncc12.N. The molecule has 2 aromatic rings. The molecule has 12 heavy (non-hydrogen) atoms. The highest BCUT2D eigenvalue weighted by atomic mass is 79.9. The highest BCUT2D eigenvalue weighted by molar-refractivity contribution is 9.10. The zero-order valence-corrected chi connectivity index (χ0v) is 8.08. The second-order valence-electron chi connectivity index (χ2n) is 2.34. The minimum Gasteiger partial charge on any atom is -0.344 e. The summed E-state index contributed by atoms with van der Waals surface area (Å²) in [5, 5.41) is 2.38. The Morgan fingerprint density at radius 3 is 2.75 bits per heavy atom. The van der Waals surface area contributed by atoms with E-state index in [-0.39, 0.29) is 6.15 Å². The van der Waals surface area contributed by atoms with Crippen LogP contribution in [0.3, 0.4) is 0 Å². The van der Waals surface area contributed by atoms with E-state index in [2.05, 4.69) is 27.0 Å². The molecule has 0 aliphatic carbocycles. The highest BCUT2D eigenvalue weighted by Crippen LogP contribution is 2.21. The zero-order chi connectivity index (χ0) is 7.68. The predicted molar refractivity (Wildman–Crippen MR) is 54.5 cm³/mol. The third kappa shape index (κ3) is 1.47. The van der Waals surface area contributed by atoms with Crippen molar-refractivity contribution in [3.63, 3.8) is 0 Å². The van der Waals surface area contributed by atoms with E-state index in [1.165, 1.54) is 5.39 Å². The van der Waals surface area contributed by atoms with Crippen LogP contribution in [0.25, 0.3) is 10.8 Å². The van der Waals surface area contributed by atoms with E-state index >= 15 is 0 Å². The summed E-state index contributed by atoms with van der Waals surface area (Å²) in [5.74, 6) is 0. The molecule has 0 bridgehead atoms. The van der Waals surface area contributed by atoms with Gasteiger partial charge in [-0.1, -0.05) is 28.1 Å². The largest absolute Gasteiger partial charge is 0.344 e. The third-order valence-corrected chi connectivity index (χ3v) is 2.32. The number of hydrogen-bond donors (Lipinski definition) is 1. The van der Waals surface area contributed by atoms with Crippen LogP contribution >= 0.6 is 15.9 Å². The van der Waals surface area contributed by atoms with Gasteiger partial charge in [-0.15, -0.1) is 0 Å². The number of nitrogens with zero attached hydrogens (tertiary/aromatic N) is 1.